The number of hydrogen-bond donors (Lipinski definition) is 1. The van der Waals surface area contributed by atoms with Crippen LogP contribution in [0.25, 0.3) is 16.4 Å². The van der Waals surface area contributed by atoms with E-state index in [4.69, 9.17) is 10.00 Å². The van der Waals surface area contributed by atoms with Crippen LogP contribution in [0.3, 0.4) is 0 Å². The molecule has 1 amide bonds. The summed E-state index contributed by atoms with van der Waals surface area (Å²) in [6.07, 6.45) is 3.19. The molecular formula is C22H18FN5O2. The number of aromatic nitrogens is 3. The van der Waals surface area contributed by atoms with Crippen LogP contribution in [0, 0.1) is 36.9 Å². The van der Waals surface area contributed by atoms with E-state index >= 15 is 0 Å². The first kappa shape index (κ1) is 18.2. The third-order valence-electron chi connectivity index (χ3n) is 5.53. The molecule has 4 heterocycles. The highest BCUT2D eigenvalue weighted by atomic mass is 19.1. The van der Waals surface area contributed by atoms with E-state index in [-0.39, 0.29) is 17.6 Å². The van der Waals surface area contributed by atoms with E-state index in [0.29, 0.717) is 46.4 Å². The van der Waals surface area contributed by atoms with Crippen LogP contribution in [0.5, 0.6) is 11.5 Å². The van der Waals surface area contributed by atoms with Gasteiger partial charge in [0.25, 0.3) is 5.91 Å². The molecule has 1 aliphatic rings. The highest BCUT2D eigenvalue weighted by molar-refractivity contribution is 5.99. The number of carbonyl (C=O) groups excluding carboxylic acids is 1. The van der Waals surface area contributed by atoms with Crippen LogP contribution >= 0.6 is 0 Å². The van der Waals surface area contributed by atoms with Crippen molar-refractivity contribution in [2.75, 3.05) is 13.1 Å². The lowest BCUT2D eigenvalue weighted by Crippen LogP contribution is -2.49. The zero-order valence-corrected chi connectivity index (χ0v) is 16.4. The summed E-state index contributed by atoms with van der Waals surface area (Å²) in [6.45, 7) is 4.54. The number of hydrogen-bond acceptors (Lipinski definition) is 4. The minimum absolute atomic E-state index is 0.0997. The number of nitriles is 1. The minimum Gasteiger partial charge on any atom is -0.452 e. The smallest absolute Gasteiger partial charge is 0.255 e. The molecule has 0 atom stereocenters. The predicted molar refractivity (Wildman–Crippen MR) is 108 cm³/mol. The molecule has 0 bridgehead atoms. The van der Waals surface area contributed by atoms with Gasteiger partial charge in [-0.15, -0.1) is 0 Å². The predicted octanol–water partition coefficient (Wildman–Crippen LogP) is 3.96. The summed E-state index contributed by atoms with van der Waals surface area (Å²) in [7, 11) is 0. The van der Waals surface area contributed by atoms with Crippen molar-refractivity contribution >= 4 is 22.3 Å². The number of H-pyrrole nitrogens is 1. The number of likely N-dealkylation sites (tertiary alicyclic amines) is 1. The van der Waals surface area contributed by atoms with E-state index in [9.17, 15) is 9.18 Å². The molecule has 150 valence electrons. The van der Waals surface area contributed by atoms with Crippen molar-refractivity contribution in [2.24, 2.45) is 5.92 Å². The van der Waals surface area contributed by atoms with Crippen molar-refractivity contribution in [2.45, 2.75) is 13.8 Å². The molecule has 0 spiro atoms. The van der Waals surface area contributed by atoms with Gasteiger partial charge in [-0.2, -0.15) is 10.4 Å². The van der Waals surface area contributed by atoms with Gasteiger partial charge in [0.05, 0.1) is 23.7 Å². The lowest BCUT2D eigenvalue weighted by molar-refractivity contribution is 0.0576. The molecule has 7 nitrogen and oxygen atoms in total. The molecule has 0 saturated carbocycles. The topological polar surface area (TPSA) is 86.4 Å². The number of halogens is 1. The largest absolute Gasteiger partial charge is 0.452 e. The maximum absolute atomic E-state index is 15.0. The molecule has 1 saturated heterocycles. The third kappa shape index (κ3) is 2.70. The maximum Gasteiger partial charge on any atom is 0.255 e. The molecule has 3 aromatic heterocycles. The van der Waals surface area contributed by atoms with Gasteiger partial charge < -0.3 is 14.6 Å². The number of fused-ring (bicyclic) bond motifs is 2. The zero-order valence-electron chi connectivity index (χ0n) is 16.4. The number of rotatable bonds is 3. The summed E-state index contributed by atoms with van der Waals surface area (Å²) in [5.41, 5.74) is 3.36. The molecule has 0 aliphatic carbocycles. The van der Waals surface area contributed by atoms with Gasteiger partial charge in [-0.3, -0.25) is 4.79 Å². The molecular weight excluding hydrogens is 385 g/mol. The lowest BCUT2D eigenvalue weighted by atomic mass is 10.0. The number of nitrogens with zero attached hydrogens (tertiary/aromatic N) is 4. The highest BCUT2D eigenvalue weighted by Gasteiger charge is 2.33. The summed E-state index contributed by atoms with van der Waals surface area (Å²) >= 11 is 0. The maximum atomic E-state index is 15.0. The fraction of sp³-hybridized carbons (Fsp3) is 0.227. The lowest BCUT2D eigenvalue weighted by Gasteiger charge is -2.35. The standard InChI is InChI=1S/C22H18FN5O2/c1-12-7-15-17(26-12)3-4-18(20(15)23)30-19-5-6-25-28-11-16(13(2)21(19)28)22(29)27-9-14(8-24)10-27/h3-7,11,14,26H,9-10H2,1-2H3. The van der Waals surface area contributed by atoms with Gasteiger partial charge in [0, 0.05) is 41.9 Å². The first-order chi connectivity index (χ1) is 14.5. The van der Waals surface area contributed by atoms with Crippen LogP contribution in [0.2, 0.25) is 0 Å². The zero-order chi connectivity index (χ0) is 21.0. The van der Waals surface area contributed by atoms with E-state index in [2.05, 4.69) is 16.2 Å². The SMILES string of the molecule is Cc1cc2c(F)c(Oc3ccnn4cc(C(=O)N5CC(C#N)C5)c(C)c34)ccc2[nH]1. The van der Waals surface area contributed by atoms with Crippen molar-refractivity contribution in [1.29, 1.82) is 5.26 Å². The summed E-state index contributed by atoms with van der Waals surface area (Å²) < 4.78 is 22.5. The third-order valence-corrected chi connectivity index (χ3v) is 5.53. The summed E-state index contributed by atoms with van der Waals surface area (Å²) in [5, 5.41) is 13.7. The fourth-order valence-corrected chi connectivity index (χ4v) is 3.90. The Balaban J connectivity index is 1.53. The van der Waals surface area contributed by atoms with Crippen LogP contribution < -0.4 is 4.74 Å². The second kappa shape index (κ2) is 6.59. The van der Waals surface area contributed by atoms with E-state index in [1.54, 1.807) is 46.1 Å². The van der Waals surface area contributed by atoms with Crippen molar-refractivity contribution < 1.29 is 13.9 Å². The number of aromatic amines is 1. The normalized spacial score (nSPS) is 14.1. The quantitative estimate of drug-likeness (QED) is 0.561. The molecule has 4 aromatic rings. The Kier molecular flexibility index (Phi) is 4.00. The van der Waals surface area contributed by atoms with E-state index < -0.39 is 5.82 Å². The van der Waals surface area contributed by atoms with Crippen LogP contribution in [-0.2, 0) is 0 Å². The molecule has 30 heavy (non-hydrogen) atoms. The minimum atomic E-state index is -0.449. The van der Waals surface area contributed by atoms with Crippen molar-refractivity contribution in [3.8, 4) is 17.6 Å². The molecule has 5 rings (SSSR count). The Morgan fingerprint density at radius 1 is 1.30 bits per heavy atom. The van der Waals surface area contributed by atoms with E-state index in [1.807, 2.05) is 13.8 Å². The Hall–Kier alpha value is -3.86. The summed E-state index contributed by atoms with van der Waals surface area (Å²) in [5.74, 6) is -0.201. The molecule has 8 heteroatoms. The monoisotopic (exact) mass is 403 g/mol. The number of nitrogens with one attached hydrogen (secondary N) is 1. The number of amides is 1. The summed E-state index contributed by atoms with van der Waals surface area (Å²) in [4.78, 5) is 17.6. The van der Waals surface area contributed by atoms with E-state index in [1.165, 1.54) is 0 Å². The first-order valence-electron chi connectivity index (χ1n) is 9.57. The number of aryl methyl sites for hydroxylation is 2. The Morgan fingerprint density at radius 2 is 2.10 bits per heavy atom. The van der Waals surface area contributed by atoms with Gasteiger partial charge in [0.2, 0.25) is 0 Å². The van der Waals surface area contributed by atoms with Gasteiger partial charge in [0.1, 0.15) is 5.52 Å². The second-order valence-electron chi connectivity index (χ2n) is 7.59. The average Bonchev–Trinajstić information content (AvgIpc) is 3.24. The Bertz CT molecular complexity index is 1360. The van der Waals surface area contributed by atoms with Crippen molar-refractivity contribution in [1.82, 2.24) is 19.5 Å². The van der Waals surface area contributed by atoms with Crippen LogP contribution in [-0.4, -0.2) is 38.5 Å². The van der Waals surface area contributed by atoms with Crippen LogP contribution in [0.1, 0.15) is 21.6 Å². The highest BCUT2D eigenvalue weighted by Crippen LogP contribution is 2.34. The number of carbonyl (C=O) groups is 1. The molecule has 0 unspecified atom stereocenters. The van der Waals surface area contributed by atoms with Crippen LogP contribution in [0.15, 0.2) is 36.7 Å². The molecule has 1 N–H and O–H groups in total. The number of benzene rings is 1. The Labute approximate surface area is 171 Å². The van der Waals surface area contributed by atoms with Gasteiger partial charge >= 0.3 is 0 Å². The van der Waals surface area contributed by atoms with Gasteiger partial charge in [-0.25, -0.2) is 8.91 Å². The summed E-state index contributed by atoms with van der Waals surface area (Å²) in [6, 6.07) is 8.91. The fourth-order valence-electron chi connectivity index (χ4n) is 3.90. The molecule has 1 fully saturated rings. The van der Waals surface area contributed by atoms with Crippen molar-refractivity contribution in [3.05, 3.63) is 59.3 Å². The van der Waals surface area contributed by atoms with Gasteiger partial charge in [-0.1, -0.05) is 0 Å². The Morgan fingerprint density at radius 3 is 2.87 bits per heavy atom. The number of ether oxygens (including phenoxy) is 1. The van der Waals surface area contributed by atoms with Crippen LogP contribution in [0.4, 0.5) is 4.39 Å². The molecule has 1 aliphatic heterocycles. The van der Waals surface area contributed by atoms with Gasteiger partial charge in [0.15, 0.2) is 17.3 Å². The first-order valence-corrected chi connectivity index (χ1v) is 9.57. The van der Waals surface area contributed by atoms with Crippen molar-refractivity contribution in [3.63, 3.8) is 0 Å². The van der Waals surface area contributed by atoms with Gasteiger partial charge in [-0.05, 0) is 37.6 Å². The average molecular weight is 403 g/mol. The second-order valence-corrected chi connectivity index (χ2v) is 7.59. The molecule has 1 aromatic carbocycles. The molecule has 0 radical (unpaired) electrons. The van der Waals surface area contributed by atoms with E-state index in [0.717, 1.165) is 5.69 Å².